The van der Waals surface area contributed by atoms with Crippen LogP contribution in [0.3, 0.4) is 0 Å². The van der Waals surface area contributed by atoms with E-state index in [4.69, 9.17) is 9.84 Å². The van der Waals surface area contributed by atoms with E-state index in [9.17, 15) is 13.2 Å². The second-order valence-electron chi connectivity index (χ2n) is 4.62. The third-order valence-corrected chi connectivity index (χ3v) is 4.54. The maximum absolute atomic E-state index is 12.1. The quantitative estimate of drug-likeness (QED) is 0.737. The minimum absolute atomic E-state index is 0.0535. The number of sulfonamides is 1. The highest BCUT2D eigenvalue weighted by Crippen LogP contribution is 2.27. The summed E-state index contributed by atoms with van der Waals surface area (Å²) in [7, 11) is -3.54. The van der Waals surface area contributed by atoms with E-state index in [-0.39, 0.29) is 17.9 Å². The van der Waals surface area contributed by atoms with Gasteiger partial charge in [0.05, 0.1) is 11.5 Å². The molecule has 0 spiro atoms. The molecule has 1 heterocycles. The third kappa shape index (κ3) is 3.71. The largest absolute Gasteiger partial charge is 0.493 e. The van der Waals surface area contributed by atoms with E-state index in [1.165, 1.54) is 6.07 Å². The summed E-state index contributed by atoms with van der Waals surface area (Å²) in [6.07, 6.45) is 1.73. The number of benzene rings is 1. The van der Waals surface area contributed by atoms with Crippen molar-refractivity contribution in [3.63, 3.8) is 0 Å². The van der Waals surface area contributed by atoms with Gasteiger partial charge >= 0.3 is 5.97 Å². The highest BCUT2D eigenvalue weighted by molar-refractivity contribution is 7.89. The van der Waals surface area contributed by atoms with Crippen molar-refractivity contribution in [1.29, 1.82) is 0 Å². The predicted molar refractivity (Wildman–Crippen MR) is 72.3 cm³/mol. The van der Waals surface area contributed by atoms with Gasteiger partial charge in [-0.15, -0.1) is 0 Å². The van der Waals surface area contributed by atoms with Gasteiger partial charge in [-0.05, 0) is 36.6 Å². The number of unbranched alkanes of at least 4 members (excludes halogenated alkanes) is 1. The highest BCUT2D eigenvalue weighted by atomic mass is 32.2. The van der Waals surface area contributed by atoms with Gasteiger partial charge in [0, 0.05) is 19.4 Å². The second kappa shape index (κ2) is 6.23. The van der Waals surface area contributed by atoms with Gasteiger partial charge in [-0.2, -0.15) is 0 Å². The Morgan fingerprint density at radius 3 is 2.90 bits per heavy atom. The average Bonchev–Trinajstić information content (AvgIpc) is 2.85. The van der Waals surface area contributed by atoms with Crippen LogP contribution in [0.4, 0.5) is 0 Å². The van der Waals surface area contributed by atoms with Crippen LogP contribution in [0.15, 0.2) is 23.1 Å². The first-order chi connectivity index (χ1) is 9.49. The van der Waals surface area contributed by atoms with Crippen LogP contribution >= 0.6 is 0 Å². The molecular formula is C13H17NO5S. The zero-order valence-electron chi connectivity index (χ0n) is 11.0. The van der Waals surface area contributed by atoms with E-state index in [1.807, 2.05) is 0 Å². The van der Waals surface area contributed by atoms with Gasteiger partial charge in [-0.1, -0.05) is 0 Å². The van der Waals surface area contributed by atoms with Crippen molar-refractivity contribution in [2.75, 3.05) is 13.2 Å². The third-order valence-electron chi connectivity index (χ3n) is 3.08. The first-order valence-electron chi connectivity index (χ1n) is 6.46. The number of aliphatic carboxylic acids is 1. The molecule has 0 bridgehead atoms. The molecule has 0 saturated carbocycles. The number of rotatable bonds is 7. The van der Waals surface area contributed by atoms with Crippen molar-refractivity contribution in [1.82, 2.24) is 4.72 Å². The molecule has 0 amide bonds. The van der Waals surface area contributed by atoms with Crippen LogP contribution in [0.5, 0.6) is 5.75 Å². The van der Waals surface area contributed by atoms with Crippen LogP contribution in [-0.4, -0.2) is 32.6 Å². The Bertz CT molecular complexity index is 597. The summed E-state index contributed by atoms with van der Waals surface area (Å²) < 4.78 is 31.9. The van der Waals surface area contributed by atoms with Gasteiger partial charge in [-0.3, -0.25) is 4.79 Å². The summed E-state index contributed by atoms with van der Waals surface area (Å²) in [4.78, 5) is 10.6. The Morgan fingerprint density at radius 2 is 2.15 bits per heavy atom. The number of nitrogens with one attached hydrogen (secondary N) is 1. The van der Waals surface area contributed by atoms with E-state index >= 15 is 0 Å². The fraction of sp³-hybridized carbons (Fsp3) is 0.462. The van der Waals surface area contributed by atoms with Crippen LogP contribution in [0.1, 0.15) is 24.8 Å². The summed E-state index contributed by atoms with van der Waals surface area (Å²) in [5.41, 5.74) is 0.902. The molecule has 0 aliphatic carbocycles. The predicted octanol–water partition coefficient (Wildman–Crippen LogP) is 1.15. The Hall–Kier alpha value is -1.60. The molecule has 6 nitrogen and oxygen atoms in total. The van der Waals surface area contributed by atoms with Gasteiger partial charge in [0.2, 0.25) is 10.0 Å². The molecule has 2 rings (SSSR count). The fourth-order valence-corrected chi connectivity index (χ4v) is 3.15. The van der Waals surface area contributed by atoms with E-state index in [1.54, 1.807) is 12.1 Å². The molecule has 1 aliphatic heterocycles. The summed E-state index contributed by atoms with van der Waals surface area (Å²) in [5.74, 6) is -0.128. The Balaban J connectivity index is 1.91. The van der Waals surface area contributed by atoms with E-state index in [0.29, 0.717) is 19.4 Å². The van der Waals surface area contributed by atoms with Crippen LogP contribution in [0, 0.1) is 0 Å². The molecule has 0 fully saturated rings. The van der Waals surface area contributed by atoms with Crippen LogP contribution < -0.4 is 9.46 Å². The average molecular weight is 299 g/mol. The van der Waals surface area contributed by atoms with Gasteiger partial charge in [-0.25, -0.2) is 13.1 Å². The summed E-state index contributed by atoms with van der Waals surface area (Å²) in [6.45, 7) is 0.824. The maximum Gasteiger partial charge on any atom is 0.303 e. The molecule has 20 heavy (non-hydrogen) atoms. The number of carboxylic acids is 1. The first-order valence-corrected chi connectivity index (χ1v) is 7.94. The number of carboxylic acid groups (broad SMARTS) is 1. The van der Waals surface area contributed by atoms with Crippen LogP contribution in [0.25, 0.3) is 0 Å². The van der Waals surface area contributed by atoms with Gasteiger partial charge in [0.25, 0.3) is 0 Å². The standard InChI is InChI=1S/C13H17NO5S/c15-13(16)3-1-2-7-14-20(17,18)11-4-5-12-10(9-11)6-8-19-12/h4-5,9,14H,1-3,6-8H2,(H,15,16). The summed E-state index contributed by atoms with van der Waals surface area (Å²) in [5, 5.41) is 8.49. The minimum atomic E-state index is -3.54. The molecular weight excluding hydrogens is 282 g/mol. The lowest BCUT2D eigenvalue weighted by atomic mass is 10.2. The van der Waals surface area contributed by atoms with Gasteiger partial charge in [0.1, 0.15) is 5.75 Å². The Kier molecular flexibility index (Phi) is 4.61. The molecule has 1 aromatic rings. The first kappa shape index (κ1) is 14.8. The SMILES string of the molecule is O=C(O)CCCCNS(=O)(=O)c1ccc2c(c1)CCO2. The van der Waals surface area contributed by atoms with Crippen molar-refractivity contribution in [2.45, 2.75) is 30.6 Å². The van der Waals surface area contributed by atoms with Crippen molar-refractivity contribution >= 4 is 16.0 Å². The zero-order valence-corrected chi connectivity index (χ0v) is 11.8. The molecule has 0 aromatic heterocycles. The molecule has 0 saturated heterocycles. The molecule has 0 unspecified atom stereocenters. The fourth-order valence-electron chi connectivity index (χ4n) is 2.02. The van der Waals surface area contributed by atoms with Crippen LogP contribution in [-0.2, 0) is 21.2 Å². The molecule has 7 heteroatoms. The molecule has 0 radical (unpaired) electrons. The second-order valence-corrected chi connectivity index (χ2v) is 6.38. The van der Waals surface area contributed by atoms with Crippen LogP contribution in [0.2, 0.25) is 0 Å². The smallest absolute Gasteiger partial charge is 0.303 e. The molecule has 0 atom stereocenters. The monoisotopic (exact) mass is 299 g/mol. The van der Waals surface area contributed by atoms with Gasteiger partial charge in [0.15, 0.2) is 0 Å². The van der Waals surface area contributed by atoms with Crippen molar-refractivity contribution in [3.05, 3.63) is 23.8 Å². The van der Waals surface area contributed by atoms with Crippen molar-refractivity contribution in [3.8, 4) is 5.75 Å². The topological polar surface area (TPSA) is 92.7 Å². The number of carbonyl (C=O) groups is 1. The maximum atomic E-state index is 12.1. The van der Waals surface area contributed by atoms with E-state index < -0.39 is 16.0 Å². The van der Waals surface area contributed by atoms with Crippen molar-refractivity contribution in [2.24, 2.45) is 0 Å². The minimum Gasteiger partial charge on any atom is -0.493 e. The van der Waals surface area contributed by atoms with E-state index in [0.717, 1.165) is 17.7 Å². The van der Waals surface area contributed by atoms with E-state index in [2.05, 4.69) is 4.72 Å². The lowest BCUT2D eigenvalue weighted by Crippen LogP contribution is -2.25. The number of hydrogen-bond donors (Lipinski definition) is 2. The summed E-state index contributed by atoms with van der Waals surface area (Å²) >= 11 is 0. The number of hydrogen-bond acceptors (Lipinski definition) is 4. The van der Waals surface area contributed by atoms with Gasteiger partial charge < -0.3 is 9.84 Å². The highest BCUT2D eigenvalue weighted by Gasteiger charge is 2.18. The number of ether oxygens (including phenoxy) is 1. The molecule has 1 aromatic carbocycles. The lowest BCUT2D eigenvalue weighted by molar-refractivity contribution is -0.137. The Labute approximate surface area is 117 Å². The Morgan fingerprint density at radius 1 is 1.35 bits per heavy atom. The molecule has 2 N–H and O–H groups in total. The number of fused-ring (bicyclic) bond motifs is 1. The molecule has 110 valence electrons. The zero-order chi connectivity index (χ0) is 14.6. The summed E-state index contributed by atoms with van der Waals surface area (Å²) in [6, 6.07) is 4.81. The lowest BCUT2D eigenvalue weighted by Gasteiger charge is -2.07. The normalized spacial score (nSPS) is 13.8. The molecule has 1 aliphatic rings. The van der Waals surface area contributed by atoms with Crippen molar-refractivity contribution < 1.29 is 23.1 Å².